The standard InChI is InChI=1S/C18H22N2O/c1-12-9-10-16(11-14(12)3)20-18(21)15(4)19-17-8-6-5-7-13(17)2/h5-11,15,19H,1-4H3,(H,20,21). The van der Waals surface area contributed by atoms with Crippen molar-refractivity contribution in [3.05, 3.63) is 59.2 Å². The average molecular weight is 282 g/mol. The Bertz CT molecular complexity index is 649. The van der Waals surface area contributed by atoms with Crippen LogP contribution in [0.25, 0.3) is 0 Å². The highest BCUT2D eigenvalue weighted by atomic mass is 16.2. The SMILES string of the molecule is Cc1ccc(NC(=O)C(C)Nc2ccccc2C)cc1C. The number of rotatable bonds is 4. The Labute approximate surface area is 126 Å². The molecule has 1 amide bonds. The molecule has 0 saturated carbocycles. The van der Waals surface area contributed by atoms with Gasteiger partial charge in [0.1, 0.15) is 6.04 Å². The van der Waals surface area contributed by atoms with E-state index in [1.807, 2.05) is 63.2 Å². The summed E-state index contributed by atoms with van der Waals surface area (Å²) in [6, 6.07) is 13.6. The molecule has 0 saturated heterocycles. The lowest BCUT2D eigenvalue weighted by Gasteiger charge is -2.17. The first-order chi connectivity index (χ1) is 9.97. The lowest BCUT2D eigenvalue weighted by atomic mass is 10.1. The van der Waals surface area contributed by atoms with Gasteiger partial charge >= 0.3 is 0 Å². The van der Waals surface area contributed by atoms with Crippen LogP contribution in [-0.2, 0) is 4.79 Å². The van der Waals surface area contributed by atoms with E-state index in [2.05, 4.69) is 17.6 Å². The third-order valence-corrected chi connectivity index (χ3v) is 3.68. The van der Waals surface area contributed by atoms with E-state index in [0.717, 1.165) is 16.9 Å². The van der Waals surface area contributed by atoms with E-state index < -0.39 is 0 Å². The zero-order valence-electron chi connectivity index (χ0n) is 13.0. The molecule has 0 aliphatic rings. The van der Waals surface area contributed by atoms with Crippen LogP contribution >= 0.6 is 0 Å². The maximum absolute atomic E-state index is 12.3. The highest BCUT2D eigenvalue weighted by molar-refractivity contribution is 5.96. The summed E-state index contributed by atoms with van der Waals surface area (Å²) in [7, 11) is 0. The molecule has 2 rings (SSSR count). The van der Waals surface area contributed by atoms with E-state index in [-0.39, 0.29) is 11.9 Å². The van der Waals surface area contributed by atoms with Gasteiger partial charge in [0.05, 0.1) is 0 Å². The summed E-state index contributed by atoms with van der Waals surface area (Å²) in [6.45, 7) is 7.99. The van der Waals surface area contributed by atoms with Gasteiger partial charge in [-0.25, -0.2) is 0 Å². The van der Waals surface area contributed by atoms with Gasteiger partial charge in [-0.05, 0) is 62.6 Å². The molecule has 3 heteroatoms. The summed E-state index contributed by atoms with van der Waals surface area (Å²) in [5.74, 6) is -0.0403. The second-order valence-electron chi connectivity index (χ2n) is 5.47. The van der Waals surface area contributed by atoms with E-state index in [4.69, 9.17) is 0 Å². The monoisotopic (exact) mass is 282 g/mol. The first-order valence-corrected chi connectivity index (χ1v) is 7.17. The zero-order valence-corrected chi connectivity index (χ0v) is 13.0. The van der Waals surface area contributed by atoms with Crippen molar-refractivity contribution in [1.82, 2.24) is 0 Å². The topological polar surface area (TPSA) is 41.1 Å². The number of hydrogen-bond donors (Lipinski definition) is 2. The number of benzene rings is 2. The van der Waals surface area contributed by atoms with E-state index in [0.29, 0.717) is 0 Å². The van der Waals surface area contributed by atoms with Crippen LogP contribution in [0.1, 0.15) is 23.6 Å². The zero-order chi connectivity index (χ0) is 15.4. The Balaban J connectivity index is 2.02. The summed E-state index contributed by atoms with van der Waals surface area (Å²) in [5.41, 5.74) is 5.34. The van der Waals surface area contributed by atoms with E-state index >= 15 is 0 Å². The van der Waals surface area contributed by atoms with Crippen LogP contribution in [0.4, 0.5) is 11.4 Å². The molecule has 110 valence electrons. The number of hydrogen-bond acceptors (Lipinski definition) is 2. The average Bonchev–Trinajstić information content (AvgIpc) is 2.45. The Morgan fingerprint density at radius 1 is 0.952 bits per heavy atom. The normalized spacial score (nSPS) is 11.8. The van der Waals surface area contributed by atoms with Crippen LogP contribution in [0, 0.1) is 20.8 Å². The van der Waals surface area contributed by atoms with Crippen LogP contribution in [0.3, 0.4) is 0 Å². The molecule has 2 aromatic rings. The van der Waals surface area contributed by atoms with Crippen LogP contribution in [0.15, 0.2) is 42.5 Å². The Kier molecular flexibility index (Phi) is 4.63. The Morgan fingerprint density at radius 2 is 1.67 bits per heavy atom. The molecule has 0 heterocycles. The van der Waals surface area contributed by atoms with Crippen molar-refractivity contribution in [1.29, 1.82) is 0 Å². The minimum Gasteiger partial charge on any atom is -0.374 e. The summed E-state index contributed by atoms with van der Waals surface area (Å²) < 4.78 is 0. The highest BCUT2D eigenvalue weighted by Crippen LogP contribution is 2.17. The molecule has 0 aliphatic heterocycles. The highest BCUT2D eigenvalue weighted by Gasteiger charge is 2.13. The predicted octanol–water partition coefficient (Wildman–Crippen LogP) is 4.05. The number of anilines is 2. The summed E-state index contributed by atoms with van der Waals surface area (Å²) in [4.78, 5) is 12.3. The van der Waals surface area contributed by atoms with Crippen molar-refractivity contribution >= 4 is 17.3 Å². The lowest BCUT2D eigenvalue weighted by Crippen LogP contribution is -2.32. The number of carbonyl (C=O) groups is 1. The lowest BCUT2D eigenvalue weighted by molar-refractivity contribution is -0.116. The Morgan fingerprint density at radius 3 is 2.33 bits per heavy atom. The first kappa shape index (κ1) is 15.1. The second kappa shape index (κ2) is 6.44. The third-order valence-electron chi connectivity index (χ3n) is 3.68. The van der Waals surface area contributed by atoms with Crippen molar-refractivity contribution in [3.8, 4) is 0 Å². The molecule has 3 nitrogen and oxygen atoms in total. The van der Waals surface area contributed by atoms with Gasteiger partial charge in [-0.1, -0.05) is 24.3 Å². The summed E-state index contributed by atoms with van der Waals surface area (Å²) in [5, 5.41) is 6.19. The maximum Gasteiger partial charge on any atom is 0.246 e. The summed E-state index contributed by atoms with van der Waals surface area (Å²) >= 11 is 0. The van der Waals surface area contributed by atoms with E-state index in [1.165, 1.54) is 11.1 Å². The summed E-state index contributed by atoms with van der Waals surface area (Å²) in [6.07, 6.45) is 0. The van der Waals surface area contributed by atoms with Gasteiger partial charge in [0.2, 0.25) is 5.91 Å². The molecule has 0 aromatic heterocycles. The quantitative estimate of drug-likeness (QED) is 0.888. The van der Waals surface area contributed by atoms with Gasteiger partial charge in [-0.3, -0.25) is 4.79 Å². The fourth-order valence-corrected chi connectivity index (χ4v) is 2.10. The van der Waals surface area contributed by atoms with Crippen molar-refractivity contribution < 1.29 is 4.79 Å². The van der Waals surface area contributed by atoms with Crippen LogP contribution in [0.2, 0.25) is 0 Å². The minimum atomic E-state index is -0.298. The predicted molar refractivity (Wildman–Crippen MR) is 88.8 cm³/mol. The van der Waals surface area contributed by atoms with Gasteiger partial charge in [0.15, 0.2) is 0 Å². The number of aryl methyl sites for hydroxylation is 3. The van der Waals surface area contributed by atoms with Crippen LogP contribution < -0.4 is 10.6 Å². The van der Waals surface area contributed by atoms with E-state index in [9.17, 15) is 4.79 Å². The molecular formula is C18H22N2O. The molecule has 0 fully saturated rings. The van der Waals surface area contributed by atoms with Gasteiger partial charge < -0.3 is 10.6 Å². The Hall–Kier alpha value is -2.29. The molecule has 0 radical (unpaired) electrons. The molecule has 1 unspecified atom stereocenters. The second-order valence-corrected chi connectivity index (χ2v) is 5.47. The van der Waals surface area contributed by atoms with Crippen molar-refractivity contribution in [2.24, 2.45) is 0 Å². The largest absolute Gasteiger partial charge is 0.374 e. The van der Waals surface area contributed by atoms with Gasteiger partial charge in [-0.2, -0.15) is 0 Å². The fourth-order valence-electron chi connectivity index (χ4n) is 2.10. The number of nitrogens with one attached hydrogen (secondary N) is 2. The smallest absolute Gasteiger partial charge is 0.246 e. The van der Waals surface area contributed by atoms with Crippen LogP contribution in [0.5, 0.6) is 0 Å². The van der Waals surface area contributed by atoms with Crippen molar-refractivity contribution in [2.45, 2.75) is 33.7 Å². The van der Waals surface area contributed by atoms with Gasteiger partial charge in [0.25, 0.3) is 0 Å². The molecule has 0 spiro atoms. The van der Waals surface area contributed by atoms with Crippen molar-refractivity contribution in [2.75, 3.05) is 10.6 Å². The number of para-hydroxylation sites is 1. The first-order valence-electron chi connectivity index (χ1n) is 7.17. The molecule has 2 N–H and O–H groups in total. The molecular weight excluding hydrogens is 260 g/mol. The van der Waals surface area contributed by atoms with Crippen LogP contribution in [-0.4, -0.2) is 11.9 Å². The number of amides is 1. The molecule has 21 heavy (non-hydrogen) atoms. The third kappa shape index (κ3) is 3.85. The van der Waals surface area contributed by atoms with E-state index in [1.54, 1.807) is 0 Å². The molecule has 1 atom stereocenters. The van der Waals surface area contributed by atoms with Gasteiger partial charge in [0, 0.05) is 11.4 Å². The number of carbonyl (C=O) groups excluding carboxylic acids is 1. The fraction of sp³-hybridized carbons (Fsp3) is 0.278. The molecule has 2 aromatic carbocycles. The maximum atomic E-state index is 12.3. The minimum absolute atomic E-state index is 0.0403. The molecule has 0 bridgehead atoms. The molecule has 0 aliphatic carbocycles. The van der Waals surface area contributed by atoms with Crippen molar-refractivity contribution in [3.63, 3.8) is 0 Å². The van der Waals surface area contributed by atoms with Gasteiger partial charge in [-0.15, -0.1) is 0 Å².